The molecule has 3 unspecified atom stereocenters. The predicted molar refractivity (Wildman–Crippen MR) is 105 cm³/mol. The lowest BCUT2D eigenvalue weighted by Gasteiger charge is -2.38. The second kappa shape index (κ2) is 10.1. The summed E-state index contributed by atoms with van der Waals surface area (Å²) < 4.78 is 27.3. The van der Waals surface area contributed by atoms with Gasteiger partial charge in [0.15, 0.2) is 0 Å². The normalized spacial score (nSPS) is 20.6. The van der Waals surface area contributed by atoms with E-state index in [1.807, 2.05) is 18.7 Å². The third-order valence-corrected chi connectivity index (χ3v) is 4.70. The van der Waals surface area contributed by atoms with Crippen LogP contribution in [0, 0.1) is 5.82 Å². The number of anilines is 1. The van der Waals surface area contributed by atoms with Crippen LogP contribution in [-0.2, 0) is 4.79 Å². The van der Waals surface area contributed by atoms with Gasteiger partial charge in [-0.25, -0.2) is 13.8 Å². The van der Waals surface area contributed by atoms with E-state index in [2.05, 4.69) is 15.3 Å². The predicted octanol–water partition coefficient (Wildman–Crippen LogP) is 3.09. The molecule has 0 aliphatic carbocycles. The maximum Gasteiger partial charge on any atom is 0.247 e. The molecule has 3 atom stereocenters. The Morgan fingerprint density at radius 1 is 1.32 bits per heavy atom. The number of H-pyrrole nitrogens is 1. The van der Waals surface area contributed by atoms with Gasteiger partial charge < -0.3 is 10.3 Å². The van der Waals surface area contributed by atoms with E-state index < -0.39 is 23.9 Å². The van der Waals surface area contributed by atoms with Gasteiger partial charge in [-0.05, 0) is 31.0 Å². The van der Waals surface area contributed by atoms with Crippen molar-refractivity contribution in [3.63, 3.8) is 0 Å². The Bertz CT molecular complexity index is 805. The minimum atomic E-state index is -1.04. The summed E-state index contributed by atoms with van der Waals surface area (Å²) in [5.74, 6) is -0.924. The fourth-order valence-electron chi connectivity index (χ4n) is 3.11. The molecule has 2 N–H and O–H groups in total. The van der Waals surface area contributed by atoms with Gasteiger partial charge in [0, 0.05) is 31.3 Å². The Labute approximate surface area is 163 Å². The molecule has 2 aromatic rings. The van der Waals surface area contributed by atoms with E-state index in [1.54, 1.807) is 13.0 Å². The fourth-order valence-corrected chi connectivity index (χ4v) is 3.11. The summed E-state index contributed by atoms with van der Waals surface area (Å²) in [6.45, 7) is 6.55. The number of carbonyl (C=O) groups is 1. The molecule has 0 spiro atoms. The highest BCUT2D eigenvalue weighted by Crippen LogP contribution is 2.30. The molecule has 1 aliphatic heterocycles. The average molecular weight is 392 g/mol. The summed E-state index contributed by atoms with van der Waals surface area (Å²) in [4.78, 5) is 31.9. The third-order valence-electron chi connectivity index (χ3n) is 4.70. The highest BCUT2D eigenvalue weighted by molar-refractivity contribution is 5.93. The number of piperidine rings is 1. The van der Waals surface area contributed by atoms with Crippen molar-refractivity contribution in [2.45, 2.75) is 45.3 Å². The molecule has 3 heterocycles. The molecular formula is C20H26F2N4O2. The van der Waals surface area contributed by atoms with Gasteiger partial charge in [0.1, 0.15) is 17.8 Å². The molecule has 0 radical (unpaired) electrons. The van der Waals surface area contributed by atoms with Crippen molar-refractivity contribution in [3.8, 4) is 0 Å². The van der Waals surface area contributed by atoms with Crippen LogP contribution in [0.1, 0.15) is 38.7 Å². The Balaban J connectivity index is 0.00000136. The number of amides is 1. The average Bonchev–Trinajstić information content (AvgIpc) is 2.72. The summed E-state index contributed by atoms with van der Waals surface area (Å²) in [5, 5.41) is 2.64. The number of hydrogen-bond acceptors (Lipinski definition) is 4. The first-order valence-electron chi connectivity index (χ1n) is 9.43. The highest BCUT2D eigenvalue weighted by atomic mass is 19.1. The molecule has 6 nitrogen and oxygen atoms in total. The molecular weight excluding hydrogens is 366 g/mol. The maximum absolute atomic E-state index is 14.4. The van der Waals surface area contributed by atoms with Crippen molar-refractivity contribution < 1.29 is 13.6 Å². The standard InChI is InChI=1S/C18H20F2N4O2.C2H6/c1-11(18(26)23-16-4-3-13(19)9-21-16)24-7-6-15(20)14(10-24)12-2-5-17(25)22-8-12;1-2/h2-5,8-9,11,14-15H,6-7,10H2,1H3,(H,22,25)(H,21,23,26);1-2H3. The van der Waals surface area contributed by atoms with Gasteiger partial charge in [0.05, 0.1) is 12.2 Å². The zero-order chi connectivity index (χ0) is 20.7. The molecule has 28 heavy (non-hydrogen) atoms. The minimum absolute atomic E-state index is 0.239. The summed E-state index contributed by atoms with van der Waals surface area (Å²) >= 11 is 0. The van der Waals surface area contributed by atoms with Crippen LogP contribution in [-0.4, -0.2) is 46.1 Å². The van der Waals surface area contributed by atoms with Crippen molar-refractivity contribution in [1.29, 1.82) is 0 Å². The van der Waals surface area contributed by atoms with Crippen LogP contribution in [0.25, 0.3) is 0 Å². The third kappa shape index (κ3) is 5.45. The van der Waals surface area contributed by atoms with Crippen molar-refractivity contribution >= 4 is 11.7 Å². The van der Waals surface area contributed by atoms with Crippen molar-refractivity contribution in [2.24, 2.45) is 0 Å². The van der Waals surface area contributed by atoms with E-state index in [-0.39, 0.29) is 17.3 Å². The Hall–Kier alpha value is -2.61. The summed E-state index contributed by atoms with van der Waals surface area (Å²) in [5.41, 5.74) is 0.464. The second-order valence-corrected chi connectivity index (χ2v) is 6.42. The van der Waals surface area contributed by atoms with Crippen LogP contribution >= 0.6 is 0 Å². The lowest BCUT2D eigenvalue weighted by molar-refractivity contribution is -0.121. The van der Waals surface area contributed by atoms with Gasteiger partial charge in [0.25, 0.3) is 0 Å². The molecule has 1 fully saturated rings. The van der Waals surface area contributed by atoms with Crippen LogP contribution in [0.3, 0.4) is 0 Å². The fraction of sp³-hybridized carbons (Fsp3) is 0.450. The van der Waals surface area contributed by atoms with E-state index in [1.165, 1.54) is 24.4 Å². The monoisotopic (exact) mass is 392 g/mol. The number of nitrogens with zero attached hydrogens (tertiary/aromatic N) is 2. The first-order valence-corrected chi connectivity index (χ1v) is 9.43. The molecule has 152 valence electrons. The summed E-state index contributed by atoms with van der Waals surface area (Å²) in [7, 11) is 0. The van der Waals surface area contributed by atoms with Gasteiger partial charge in [-0.15, -0.1) is 0 Å². The van der Waals surface area contributed by atoms with Gasteiger partial charge in [0.2, 0.25) is 11.5 Å². The van der Waals surface area contributed by atoms with Gasteiger partial charge >= 0.3 is 0 Å². The maximum atomic E-state index is 14.4. The molecule has 8 heteroatoms. The number of likely N-dealkylation sites (tertiary alicyclic amines) is 1. The van der Waals surface area contributed by atoms with Crippen LogP contribution in [0.2, 0.25) is 0 Å². The van der Waals surface area contributed by atoms with E-state index in [9.17, 15) is 18.4 Å². The first-order chi connectivity index (χ1) is 13.4. The van der Waals surface area contributed by atoms with E-state index in [4.69, 9.17) is 0 Å². The number of carbonyl (C=O) groups excluding carboxylic acids is 1. The Kier molecular flexibility index (Phi) is 7.80. The van der Waals surface area contributed by atoms with Gasteiger partial charge in [-0.1, -0.05) is 19.9 Å². The van der Waals surface area contributed by atoms with Crippen molar-refractivity contribution in [2.75, 3.05) is 18.4 Å². The molecule has 0 aromatic carbocycles. The van der Waals surface area contributed by atoms with Crippen LogP contribution in [0.4, 0.5) is 14.6 Å². The van der Waals surface area contributed by atoms with E-state index >= 15 is 0 Å². The zero-order valence-electron chi connectivity index (χ0n) is 16.3. The lowest BCUT2D eigenvalue weighted by atomic mass is 9.89. The number of alkyl halides is 1. The molecule has 1 amide bonds. The summed E-state index contributed by atoms with van der Waals surface area (Å²) in [6.07, 6.45) is 1.82. The second-order valence-electron chi connectivity index (χ2n) is 6.42. The topological polar surface area (TPSA) is 78.1 Å². The number of aromatic amines is 1. The molecule has 1 saturated heterocycles. The van der Waals surface area contributed by atoms with Crippen molar-refractivity contribution in [1.82, 2.24) is 14.9 Å². The Morgan fingerprint density at radius 3 is 2.68 bits per heavy atom. The Morgan fingerprint density at radius 2 is 2.07 bits per heavy atom. The number of rotatable bonds is 4. The molecule has 3 rings (SSSR count). The summed E-state index contributed by atoms with van der Waals surface area (Å²) in [6, 6.07) is 5.09. The number of nitrogens with one attached hydrogen (secondary N) is 2. The minimum Gasteiger partial charge on any atom is -0.329 e. The highest BCUT2D eigenvalue weighted by Gasteiger charge is 2.34. The van der Waals surface area contributed by atoms with Gasteiger partial charge in [-0.2, -0.15) is 0 Å². The van der Waals surface area contributed by atoms with E-state index in [0.717, 1.165) is 6.20 Å². The van der Waals surface area contributed by atoms with Crippen molar-refractivity contribution in [3.05, 3.63) is 58.4 Å². The number of halogens is 2. The molecule has 1 aliphatic rings. The van der Waals surface area contributed by atoms with E-state index in [0.29, 0.717) is 25.1 Å². The van der Waals surface area contributed by atoms with Crippen LogP contribution in [0.15, 0.2) is 41.5 Å². The first kappa shape index (κ1) is 21.7. The number of pyridine rings is 2. The largest absolute Gasteiger partial charge is 0.329 e. The quantitative estimate of drug-likeness (QED) is 0.838. The molecule has 0 bridgehead atoms. The van der Waals surface area contributed by atoms with Gasteiger partial charge in [-0.3, -0.25) is 14.5 Å². The number of aromatic nitrogens is 2. The SMILES string of the molecule is CC.CC(C(=O)Nc1ccc(F)cn1)N1CCC(F)C(c2ccc(=O)[nH]c2)C1. The van der Waals surface area contributed by atoms with Crippen LogP contribution < -0.4 is 10.9 Å². The number of hydrogen-bond donors (Lipinski definition) is 2. The smallest absolute Gasteiger partial charge is 0.247 e. The zero-order valence-corrected chi connectivity index (χ0v) is 16.3. The molecule has 0 saturated carbocycles. The molecule has 2 aromatic heterocycles. The van der Waals surface area contributed by atoms with Crippen LogP contribution in [0.5, 0.6) is 0 Å². The lowest BCUT2D eigenvalue weighted by Crippen LogP contribution is -2.49.